The zero-order valence-electron chi connectivity index (χ0n) is 4.37. The molecule has 0 aromatic heterocycles. The van der Waals surface area contributed by atoms with Gasteiger partial charge in [0.2, 0.25) is 0 Å². The molecular formula is C4H5ClF3N. The van der Waals surface area contributed by atoms with Gasteiger partial charge in [-0.3, -0.25) is 0 Å². The maximum atomic E-state index is 11.6. The normalized spacial score (nSPS) is 36.0. The summed E-state index contributed by atoms with van der Waals surface area (Å²) in [6.45, 7) is 0.256. The van der Waals surface area contributed by atoms with Crippen molar-refractivity contribution in [2.75, 3.05) is 6.54 Å². The molecule has 9 heavy (non-hydrogen) atoms. The molecule has 0 aromatic rings. The number of hydrogen-bond acceptors (Lipinski definition) is 1. The van der Waals surface area contributed by atoms with Crippen LogP contribution in [0.25, 0.3) is 0 Å². The van der Waals surface area contributed by atoms with Gasteiger partial charge in [0.1, 0.15) is 6.04 Å². The Kier molecular flexibility index (Phi) is 1.61. The van der Waals surface area contributed by atoms with Gasteiger partial charge in [-0.25, -0.2) is 0 Å². The van der Waals surface area contributed by atoms with Gasteiger partial charge in [-0.1, -0.05) is 0 Å². The van der Waals surface area contributed by atoms with Gasteiger partial charge in [0.15, 0.2) is 0 Å². The van der Waals surface area contributed by atoms with Gasteiger partial charge in [-0.15, -0.1) is 11.6 Å². The fourth-order valence-electron chi connectivity index (χ4n) is 0.646. The second-order valence-corrected chi connectivity index (χ2v) is 2.50. The van der Waals surface area contributed by atoms with Crippen LogP contribution in [-0.4, -0.2) is 24.1 Å². The van der Waals surface area contributed by atoms with Gasteiger partial charge in [0, 0.05) is 6.54 Å². The Morgan fingerprint density at radius 2 is 2.00 bits per heavy atom. The molecule has 0 saturated carbocycles. The van der Waals surface area contributed by atoms with Crippen LogP contribution in [-0.2, 0) is 0 Å². The molecule has 1 aliphatic heterocycles. The standard InChI is InChI=1S/C4H5ClF3N/c5-2-1-9-3(2)4(6,7)8/h2-3,9H,1H2/t2?,3-/m0/s1. The second kappa shape index (κ2) is 2.02. The SMILES string of the molecule is FC(F)(F)[C@H]1NCC1Cl. The largest absolute Gasteiger partial charge is 0.405 e. The first-order valence-electron chi connectivity index (χ1n) is 2.46. The lowest BCUT2D eigenvalue weighted by atomic mass is 10.1. The maximum absolute atomic E-state index is 11.6. The first-order chi connectivity index (χ1) is 4.02. The molecule has 1 nitrogen and oxygen atoms in total. The summed E-state index contributed by atoms with van der Waals surface area (Å²) < 4.78 is 34.8. The van der Waals surface area contributed by atoms with Crippen LogP contribution in [0.1, 0.15) is 0 Å². The lowest BCUT2D eigenvalue weighted by Gasteiger charge is -2.34. The number of rotatable bonds is 0. The smallest absolute Gasteiger partial charge is 0.303 e. The van der Waals surface area contributed by atoms with Crippen molar-refractivity contribution >= 4 is 11.6 Å². The van der Waals surface area contributed by atoms with E-state index in [4.69, 9.17) is 11.6 Å². The highest BCUT2D eigenvalue weighted by Gasteiger charge is 2.49. The molecule has 0 bridgehead atoms. The topological polar surface area (TPSA) is 12.0 Å². The van der Waals surface area contributed by atoms with E-state index >= 15 is 0 Å². The van der Waals surface area contributed by atoms with Crippen molar-refractivity contribution < 1.29 is 13.2 Å². The average Bonchev–Trinajstić information content (AvgIpc) is 1.57. The molecule has 1 rings (SSSR count). The Morgan fingerprint density at radius 1 is 1.44 bits per heavy atom. The monoisotopic (exact) mass is 159 g/mol. The van der Waals surface area contributed by atoms with Crippen molar-refractivity contribution in [1.82, 2.24) is 5.32 Å². The van der Waals surface area contributed by atoms with Crippen molar-refractivity contribution in [2.24, 2.45) is 0 Å². The summed E-state index contributed by atoms with van der Waals surface area (Å²) in [5, 5.41) is 1.41. The van der Waals surface area contributed by atoms with E-state index in [1.165, 1.54) is 0 Å². The molecule has 1 heterocycles. The van der Waals surface area contributed by atoms with Crippen molar-refractivity contribution in [3.8, 4) is 0 Å². The highest BCUT2D eigenvalue weighted by Crippen LogP contribution is 2.29. The summed E-state index contributed by atoms with van der Waals surface area (Å²) in [6.07, 6.45) is -4.18. The molecule has 1 N–H and O–H groups in total. The van der Waals surface area contributed by atoms with Crippen LogP contribution in [0, 0.1) is 0 Å². The Labute approximate surface area is 55.2 Å². The minimum atomic E-state index is -4.18. The Balaban J connectivity index is 2.44. The Bertz CT molecular complexity index is 113. The first kappa shape index (κ1) is 7.15. The zero-order chi connectivity index (χ0) is 7.07. The van der Waals surface area contributed by atoms with Crippen LogP contribution in [0.5, 0.6) is 0 Å². The Hall–Kier alpha value is 0.0400. The molecular weight excluding hydrogens is 154 g/mol. The minimum Gasteiger partial charge on any atom is -0.303 e. The maximum Gasteiger partial charge on any atom is 0.405 e. The molecule has 1 saturated heterocycles. The van der Waals surface area contributed by atoms with Gasteiger partial charge in [0.25, 0.3) is 0 Å². The van der Waals surface area contributed by atoms with Crippen LogP contribution in [0.3, 0.4) is 0 Å². The molecule has 0 spiro atoms. The summed E-state index contributed by atoms with van der Waals surface area (Å²) in [7, 11) is 0. The third-order valence-corrected chi connectivity index (χ3v) is 1.65. The number of hydrogen-bond donors (Lipinski definition) is 1. The Morgan fingerprint density at radius 3 is 2.00 bits per heavy atom. The van der Waals surface area contributed by atoms with Crippen molar-refractivity contribution in [3.63, 3.8) is 0 Å². The summed E-state index contributed by atoms with van der Waals surface area (Å²) in [5.41, 5.74) is 0. The highest BCUT2D eigenvalue weighted by atomic mass is 35.5. The van der Waals surface area contributed by atoms with Crippen molar-refractivity contribution in [2.45, 2.75) is 17.6 Å². The number of alkyl halides is 4. The van der Waals surface area contributed by atoms with Gasteiger partial charge in [-0.05, 0) is 0 Å². The predicted molar refractivity (Wildman–Crippen MR) is 27.5 cm³/mol. The molecule has 2 atom stereocenters. The fraction of sp³-hybridized carbons (Fsp3) is 1.00. The van der Waals surface area contributed by atoms with Crippen LogP contribution in [0.4, 0.5) is 13.2 Å². The van der Waals surface area contributed by atoms with Crippen LogP contribution >= 0.6 is 11.6 Å². The average molecular weight is 160 g/mol. The fourth-order valence-corrected chi connectivity index (χ4v) is 0.967. The molecule has 1 unspecified atom stereocenters. The van der Waals surface area contributed by atoms with Crippen molar-refractivity contribution in [3.05, 3.63) is 0 Å². The predicted octanol–water partition coefficient (Wildman–Crippen LogP) is 1.13. The summed E-state index contributed by atoms with van der Waals surface area (Å²) >= 11 is 5.22. The zero-order valence-corrected chi connectivity index (χ0v) is 5.13. The van der Waals surface area contributed by atoms with E-state index in [0.29, 0.717) is 0 Å². The molecule has 0 radical (unpaired) electrons. The van der Waals surface area contributed by atoms with Gasteiger partial charge in [0.05, 0.1) is 5.38 Å². The molecule has 0 aromatic carbocycles. The molecule has 0 amide bonds. The van der Waals surface area contributed by atoms with E-state index in [2.05, 4.69) is 5.32 Å². The van der Waals surface area contributed by atoms with Gasteiger partial charge >= 0.3 is 6.18 Å². The van der Waals surface area contributed by atoms with E-state index in [0.717, 1.165) is 0 Å². The first-order valence-corrected chi connectivity index (χ1v) is 2.89. The molecule has 1 fully saturated rings. The molecule has 1 aliphatic rings. The van der Waals surface area contributed by atoms with Gasteiger partial charge in [-0.2, -0.15) is 13.2 Å². The third-order valence-electron chi connectivity index (χ3n) is 1.25. The minimum absolute atomic E-state index is 0.256. The van der Waals surface area contributed by atoms with Crippen LogP contribution in [0.2, 0.25) is 0 Å². The van der Waals surface area contributed by atoms with E-state index < -0.39 is 17.6 Å². The summed E-state index contributed by atoms with van der Waals surface area (Å²) in [4.78, 5) is 0. The lowest BCUT2D eigenvalue weighted by molar-refractivity contribution is -0.168. The summed E-state index contributed by atoms with van der Waals surface area (Å²) in [6, 6.07) is -1.49. The number of nitrogens with one attached hydrogen (secondary N) is 1. The summed E-state index contributed by atoms with van der Waals surface area (Å²) in [5.74, 6) is 0. The van der Waals surface area contributed by atoms with Crippen molar-refractivity contribution in [1.29, 1.82) is 0 Å². The third kappa shape index (κ3) is 1.30. The second-order valence-electron chi connectivity index (χ2n) is 1.94. The van der Waals surface area contributed by atoms with E-state index in [-0.39, 0.29) is 6.54 Å². The van der Waals surface area contributed by atoms with E-state index in [9.17, 15) is 13.2 Å². The quantitative estimate of drug-likeness (QED) is 0.523. The molecule has 5 heteroatoms. The van der Waals surface area contributed by atoms with Crippen LogP contribution < -0.4 is 5.32 Å². The molecule has 54 valence electrons. The van der Waals surface area contributed by atoms with Gasteiger partial charge < -0.3 is 5.32 Å². The highest BCUT2D eigenvalue weighted by molar-refractivity contribution is 6.22. The van der Waals surface area contributed by atoms with E-state index in [1.807, 2.05) is 0 Å². The van der Waals surface area contributed by atoms with Crippen LogP contribution in [0.15, 0.2) is 0 Å². The molecule has 0 aliphatic carbocycles. The lowest BCUT2D eigenvalue weighted by Crippen LogP contribution is -2.61. The van der Waals surface area contributed by atoms with E-state index in [1.54, 1.807) is 0 Å². The number of halogens is 4.